The molecule has 6 nitrogen and oxygen atoms in total. The quantitative estimate of drug-likeness (QED) is 0.421. The highest BCUT2D eigenvalue weighted by molar-refractivity contribution is 7.99. The molecule has 0 radical (unpaired) electrons. The van der Waals surface area contributed by atoms with Gasteiger partial charge in [0.2, 0.25) is 13.6 Å². The van der Waals surface area contributed by atoms with Crippen LogP contribution in [0.25, 0.3) is 21.8 Å². The van der Waals surface area contributed by atoms with E-state index in [1.807, 2.05) is 24.3 Å². The monoisotopic (exact) mass is 432 g/mol. The van der Waals surface area contributed by atoms with Gasteiger partial charge in [0.15, 0.2) is 23.0 Å². The number of nitrogens with zero attached hydrogens (tertiary/aromatic N) is 2. The molecule has 156 valence electrons. The third-order valence-electron chi connectivity index (χ3n) is 5.65. The largest absolute Gasteiger partial charge is 0.454 e. The zero-order valence-corrected chi connectivity index (χ0v) is 18.0. The topological polar surface area (TPSA) is 62.7 Å². The third-order valence-corrected chi connectivity index (χ3v) is 6.75. The minimum Gasteiger partial charge on any atom is -0.454 e. The van der Waals surface area contributed by atoms with Gasteiger partial charge in [-0.25, -0.2) is 9.97 Å². The molecule has 0 unspecified atom stereocenters. The van der Waals surface area contributed by atoms with E-state index in [1.165, 1.54) is 11.1 Å². The Morgan fingerprint density at radius 3 is 1.48 bits per heavy atom. The Labute approximate surface area is 183 Å². The molecule has 31 heavy (non-hydrogen) atoms. The van der Waals surface area contributed by atoms with Crippen LogP contribution in [-0.4, -0.2) is 23.6 Å². The van der Waals surface area contributed by atoms with Gasteiger partial charge in [-0.2, -0.15) is 0 Å². The molecule has 6 rings (SSSR count). The van der Waals surface area contributed by atoms with Gasteiger partial charge in [0.1, 0.15) is 10.1 Å². The lowest BCUT2D eigenvalue weighted by atomic mass is 10.1. The summed E-state index contributed by atoms with van der Waals surface area (Å²) < 4.78 is 22.1. The van der Waals surface area contributed by atoms with E-state index in [0.29, 0.717) is 0 Å². The van der Waals surface area contributed by atoms with Crippen LogP contribution in [0.2, 0.25) is 0 Å². The van der Waals surface area contributed by atoms with Crippen LogP contribution in [0, 0.1) is 0 Å². The van der Waals surface area contributed by atoms with Crippen LogP contribution in [-0.2, 0) is 12.8 Å². The molecule has 0 aliphatic carbocycles. The van der Waals surface area contributed by atoms with Crippen LogP contribution in [0.1, 0.15) is 25.0 Å². The van der Waals surface area contributed by atoms with Crippen LogP contribution >= 0.6 is 11.8 Å². The molecule has 0 saturated heterocycles. The van der Waals surface area contributed by atoms with Gasteiger partial charge in [-0.1, -0.05) is 13.8 Å². The Bertz CT molecular complexity index is 1250. The minimum absolute atomic E-state index is 0.257. The Kier molecular flexibility index (Phi) is 4.31. The minimum atomic E-state index is 0.257. The molecule has 0 saturated carbocycles. The number of fused-ring (bicyclic) bond motifs is 4. The number of rotatable bonds is 4. The summed E-state index contributed by atoms with van der Waals surface area (Å²) in [5, 5.41) is 4.05. The van der Waals surface area contributed by atoms with Crippen molar-refractivity contribution in [3.8, 4) is 23.0 Å². The van der Waals surface area contributed by atoms with Gasteiger partial charge in [0.05, 0.1) is 11.0 Å². The molecule has 0 atom stereocenters. The Hall–Kier alpha value is -3.19. The molecule has 2 aromatic heterocycles. The van der Waals surface area contributed by atoms with Crippen molar-refractivity contribution in [2.75, 3.05) is 13.6 Å². The number of benzene rings is 2. The van der Waals surface area contributed by atoms with Gasteiger partial charge in [0.25, 0.3) is 0 Å². The molecule has 7 heteroatoms. The summed E-state index contributed by atoms with van der Waals surface area (Å²) in [5.74, 6) is 3.05. The van der Waals surface area contributed by atoms with Crippen molar-refractivity contribution >= 4 is 33.6 Å². The normalized spacial score (nSPS) is 14.0. The highest BCUT2D eigenvalue weighted by atomic mass is 32.2. The second-order valence-corrected chi connectivity index (χ2v) is 8.49. The van der Waals surface area contributed by atoms with E-state index in [9.17, 15) is 0 Å². The maximum atomic E-state index is 5.54. The number of hydrogen-bond acceptors (Lipinski definition) is 7. The lowest BCUT2D eigenvalue weighted by Crippen LogP contribution is -1.96. The number of hydrogen-bond donors (Lipinski definition) is 0. The van der Waals surface area contributed by atoms with Crippen molar-refractivity contribution in [3.63, 3.8) is 0 Å². The first kappa shape index (κ1) is 18.6. The van der Waals surface area contributed by atoms with Crippen molar-refractivity contribution in [2.24, 2.45) is 0 Å². The molecule has 0 spiro atoms. The fraction of sp³-hybridized carbons (Fsp3) is 0.250. The van der Waals surface area contributed by atoms with Crippen molar-refractivity contribution < 1.29 is 18.9 Å². The van der Waals surface area contributed by atoms with Crippen LogP contribution in [0.4, 0.5) is 0 Å². The standard InChI is InChI=1S/C24H20N2O4S/c1-3-13-5-15-7-19-21(29-11-27-19)9-17(15)25-23(13)31-24-14(4-2)6-16-8-20-22(30-12-28-20)10-18(16)26-24/h5-10H,3-4,11-12H2,1-2H3. The van der Waals surface area contributed by atoms with Gasteiger partial charge in [0, 0.05) is 22.9 Å². The van der Waals surface area contributed by atoms with Crippen molar-refractivity contribution in [2.45, 2.75) is 36.7 Å². The maximum Gasteiger partial charge on any atom is 0.231 e. The zero-order valence-electron chi connectivity index (χ0n) is 17.2. The van der Waals surface area contributed by atoms with E-state index in [2.05, 4.69) is 26.0 Å². The van der Waals surface area contributed by atoms with Gasteiger partial charge < -0.3 is 18.9 Å². The summed E-state index contributed by atoms with van der Waals surface area (Å²) >= 11 is 1.62. The highest BCUT2D eigenvalue weighted by Gasteiger charge is 2.19. The molecular weight excluding hydrogens is 412 g/mol. The average molecular weight is 433 g/mol. The summed E-state index contributed by atoms with van der Waals surface area (Å²) in [6.07, 6.45) is 1.76. The second-order valence-electron chi connectivity index (χ2n) is 7.51. The molecular formula is C24H20N2O4S. The van der Waals surface area contributed by atoms with Crippen LogP contribution in [0.15, 0.2) is 46.5 Å². The van der Waals surface area contributed by atoms with Crippen LogP contribution in [0.5, 0.6) is 23.0 Å². The summed E-state index contributed by atoms with van der Waals surface area (Å²) in [7, 11) is 0. The second kappa shape index (κ2) is 7.20. The van der Waals surface area contributed by atoms with E-state index in [1.54, 1.807) is 11.8 Å². The molecule has 2 aliphatic rings. The summed E-state index contributed by atoms with van der Waals surface area (Å²) in [6, 6.07) is 12.3. The van der Waals surface area contributed by atoms with Gasteiger partial charge in [-0.05, 0) is 60.0 Å². The first-order chi connectivity index (χ1) is 15.2. The zero-order chi connectivity index (χ0) is 20.9. The van der Waals surface area contributed by atoms with Gasteiger partial charge in [-0.3, -0.25) is 0 Å². The predicted molar refractivity (Wildman–Crippen MR) is 119 cm³/mol. The molecule has 4 aromatic rings. The van der Waals surface area contributed by atoms with E-state index < -0.39 is 0 Å². The van der Waals surface area contributed by atoms with Crippen molar-refractivity contribution in [1.29, 1.82) is 0 Å². The number of aryl methyl sites for hydroxylation is 2. The Morgan fingerprint density at radius 2 is 1.06 bits per heavy atom. The number of aromatic nitrogens is 2. The maximum absolute atomic E-state index is 5.54. The fourth-order valence-electron chi connectivity index (χ4n) is 3.95. The molecule has 0 N–H and O–H groups in total. The van der Waals surface area contributed by atoms with Crippen molar-refractivity contribution in [1.82, 2.24) is 9.97 Å². The average Bonchev–Trinajstić information content (AvgIpc) is 3.43. The lowest BCUT2D eigenvalue weighted by molar-refractivity contribution is 0.173. The Balaban J connectivity index is 1.46. The number of ether oxygens (including phenoxy) is 4. The van der Waals surface area contributed by atoms with Gasteiger partial charge >= 0.3 is 0 Å². The SMILES string of the molecule is CCc1cc2cc3c(cc2nc1Sc1nc2cc4c(cc2cc1CC)OCO4)OCO3. The first-order valence-corrected chi connectivity index (χ1v) is 11.2. The molecule has 0 amide bonds. The summed E-state index contributed by atoms with van der Waals surface area (Å²) in [6.45, 7) is 4.81. The van der Waals surface area contributed by atoms with E-state index in [0.717, 1.165) is 67.7 Å². The number of pyridine rings is 2. The Morgan fingerprint density at radius 1 is 0.645 bits per heavy atom. The molecule has 0 fully saturated rings. The van der Waals surface area contributed by atoms with Crippen LogP contribution in [0.3, 0.4) is 0 Å². The molecule has 4 heterocycles. The summed E-state index contributed by atoms with van der Waals surface area (Å²) in [5.41, 5.74) is 4.16. The van der Waals surface area contributed by atoms with Gasteiger partial charge in [-0.15, -0.1) is 0 Å². The lowest BCUT2D eigenvalue weighted by Gasteiger charge is -2.12. The smallest absolute Gasteiger partial charge is 0.231 e. The van der Waals surface area contributed by atoms with E-state index in [-0.39, 0.29) is 13.6 Å². The summed E-state index contributed by atoms with van der Waals surface area (Å²) in [4.78, 5) is 9.95. The molecule has 2 aromatic carbocycles. The van der Waals surface area contributed by atoms with E-state index in [4.69, 9.17) is 28.9 Å². The van der Waals surface area contributed by atoms with Crippen molar-refractivity contribution in [3.05, 3.63) is 47.5 Å². The predicted octanol–water partition coefficient (Wildman–Crippen LogP) is 5.52. The fourth-order valence-corrected chi connectivity index (χ4v) is 5.09. The third kappa shape index (κ3) is 3.11. The molecule has 0 bridgehead atoms. The van der Waals surface area contributed by atoms with E-state index >= 15 is 0 Å². The molecule has 2 aliphatic heterocycles. The first-order valence-electron chi connectivity index (χ1n) is 10.4. The highest BCUT2D eigenvalue weighted by Crippen LogP contribution is 2.40. The van der Waals surface area contributed by atoms with Crippen LogP contribution < -0.4 is 18.9 Å².